The Bertz CT molecular complexity index is 1160. The molecular weight excluding hydrogens is 527 g/mol. The van der Waals surface area contributed by atoms with Crippen LogP contribution in [0.1, 0.15) is 31.2 Å². The van der Waals surface area contributed by atoms with Crippen molar-refractivity contribution in [3.8, 4) is 11.8 Å². The maximum atomic E-state index is 12.8. The summed E-state index contributed by atoms with van der Waals surface area (Å²) in [7, 11) is 0. The highest BCUT2D eigenvalue weighted by Crippen LogP contribution is 2.44. The minimum Gasteiger partial charge on any atom is -0.447 e. The van der Waals surface area contributed by atoms with Crippen molar-refractivity contribution < 1.29 is 41.0 Å². The molecule has 8 nitrogen and oxygen atoms in total. The molecule has 0 unspecified atom stereocenters. The Morgan fingerprint density at radius 1 is 1.08 bits per heavy atom. The summed E-state index contributed by atoms with van der Waals surface area (Å²) >= 11 is 0. The third-order valence-corrected chi connectivity index (χ3v) is 6.35. The first-order valence-electron chi connectivity index (χ1n) is 12.2. The van der Waals surface area contributed by atoms with Crippen molar-refractivity contribution in [2.75, 3.05) is 26.2 Å². The molecule has 0 aromatic heterocycles. The summed E-state index contributed by atoms with van der Waals surface area (Å²) < 4.78 is 71.0. The molecule has 3 amide bonds. The van der Waals surface area contributed by atoms with Crippen LogP contribution in [0.4, 0.5) is 31.5 Å². The summed E-state index contributed by atoms with van der Waals surface area (Å²) in [5.41, 5.74) is -0.803. The predicted molar refractivity (Wildman–Crippen MR) is 128 cm³/mol. The van der Waals surface area contributed by atoms with Crippen LogP contribution in [0.2, 0.25) is 0 Å². The lowest BCUT2D eigenvalue weighted by Crippen LogP contribution is -2.45. The van der Waals surface area contributed by atoms with Gasteiger partial charge in [0.05, 0.1) is 18.0 Å². The minimum atomic E-state index is -4.83. The average molecular weight is 555 g/mol. The predicted octanol–water partition coefficient (Wildman–Crippen LogP) is 5.01. The van der Waals surface area contributed by atoms with Crippen LogP contribution >= 0.6 is 0 Å². The molecule has 13 heteroatoms. The lowest BCUT2D eigenvalue weighted by molar-refractivity contribution is -0.275. The van der Waals surface area contributed by atoms with Crippen LogP contribution in [0.25, 0.3) is 0 Å². The molecule has 2 aromatic carbocycles. The highest BCUT2D eigenvalue weighted by Gasteiger charge is 2.41. The molecular formula is C26H27F5N4O4. The number of imide groups is 1. The monoisotopic (exact) mass is 554 g/mol. The molecule has 1 aliphatic carbocycles. The SMILES string of the molecule is Fc1ccccc1F.N#CC1(c2ccccc2OC(F)(F)F)CCC(NCCNC(=O)N2CCOC2=O)CC1. The van der Waals surface area contributed by atoms with Gasteiger partial charge in [0.1, 0.15) is 12.4 Å². The van der Waals surface area contributed by atoms with Gasteiger partial charge < -0.3 is 20.1 Å². The number of nitrogens with zero attached hydrogens (tertiary/aromatic N) is 2. The molecule has 0 spiro atoms. The molecule has 2 aliphatic rings. The molecule has 1 saturated carbocycles. The Hall–Kier alpha value is -3.92. The maximum Gasteiger partial charge on any atom is 0.573 e. The summed E-state index contributed by atoms with van der Waals surface area (Å²) in [5.74, 6) is -1.94. The van der Waals surface area contributed by atoms with Gasteiger partial charge >= 0.3 is 18.5 Å². The number of nitrogens with one attached hydrogen (secondary N) is 2. The largest absolute Gasteiger partial charge is 0.573 e. The summed E-state index contributed by atoms with van der Waals surface area (Å²) in [6.07, 6.45) is -3.57. The van der Waals surface area contributed by atoms with Crippen molar-refractivity contribution in [2.45, 2.75) is 43.5 Å². The van der Waals surface area contributed by atoms with Gasteiger partial charge in [-0.05, 0) is 43.9 Å². The van der Waals surface area contributed by atoms with Crippen LogP contribution in [-0.2, 0) is 10.2 Å². The van der Waals surface area contributed by atoms with Crippen LogP contribution in [0.5, 0.6) is 5.75 Å². The van der Waals surface area contributed by atoms with E-state index in [0.717, 1.165) is 17.0 Å². The molecule has 2 aromatic rings. The number of hydrogen-bond acceptors (Lipinski definition) is 6. The van der Waals surface area contributed by atoms with Crippen molar-refractivity contribution in [2.24, 2.45) is 0 Å². The molecule has 1 aliphatic heterocycles. The molecule has 0 radical (unpaired) electrons. The van der Waals surface area contributed by atoms with E-state index in [1.165, 1.54) is 30.3 Å². The number of carbonyl (C=O) groups is 2. The quantitative estimate of drug-likeness (QED) is 0.385. The Morgan fingerprint density at radius 3 is 2.23 bits per heavy atom. The lowest BCUT2D eigenvalue weighted by atomic mass is 9.69. The van der Waals surface area contributed by atoms with Crippen LogP contribution in [0.15, 0.2) is 48.5 Å². The first-order chi connectivity index (χ1) is 18.5. The fourth-order valence-corrected chi connectivity index (χ4v) is 4.39. The first-order valence-corrected chi connectivity index (χ1v) is 12.2. The molecule has 39 heavy (non-hydrogen) atoms. The second kappa shape index (κ2) is 13.2. The number of para-hydroxylation sites is 1. The first kappa shape index (κ1) is 29.6. The van der Waals surface area contributed by atoms with Gasteiger partial charge in [0, 0.05) is 24.7 Å². The van der Waals surface area contributed by atoms with Gasteiger partial charge in [-0.25, -0.2) is 23.3 Å². The van der Waals surface area contributed by atoms with Gasteiger partial charge in [-0.1, -0.05) is 30.3 Å². The fraction of sp³-hybridized carbons (Fsp3) is 0.423. The number of cyclic esters (lactones) is 1. The fourth-order valence-electron chi connectivity index (χ4n) is 4.39. The molecule has 210 valence electrons. The van der Waals surface area contributed by atoms with Gasteiger partial charge in [0.15, 0.2) is 11.6 Å². The number of ether oxygens (including phenoxy) is 2. The molecule has 0 atom stereocenters. The van der Waals surface area contributed by atoms with E-state index in [0.29, 0.717) is 38.8 Å². The van der Waals surface area contributed by atoms with E-state index in [2.05, 4.69) is 21.4 Å². The topological polar surface area (TPSA) is 104 Å². The van der Waals surface area contributed by atoms with E-state index in [1.807, 2.05) is 0 Å². The van der Waals surface area contributed by atoms with E-state index in [4.69, 9.17) is 4.74 Å². The van der Waals surface area contributed by atoms with Crippen molar-refractivity contribution in [3.05, 3.63) is 65.7 Å². The summed E-state index contributed by atoms with van der Waals surface area (Å²) in [5, 5.41) is 15.7. The van der Waals surface area contributed by atoms with E-state index >= 15 is 0 Å². The van der Waals surface area contributed by atoms with Crippen molar-refractivity contribution in [1.29, 1.82) is 5.26 Å². The van der Waals surface area contributed by atoms with Crippen molar-refractivity contribution in [1.82, 2.24) is 15.5 Å². The number of urea groups is 1. The number of benzene rings is 2. The Kier molecular flexibility index (Phi) is 10.1. The van der Waals surface area contributed by atoms with Gasteiger partial charge in [0.2, 0.25) is 0 Å². The Morgan fingerprint density at radius 2 is 1.69 bits per heavy atom. The zero-order chi connectivity index (χ0) is 28.5. The van der Waals surface area contributed by atoms with Crippen molar-refractivity contribution in [3.63, 3.8) is 0 Å². The van der Waals surface area contributed by atoms with Crippen LogP contribution < -0.4 is 15.4 Å². The van der Waals surface area contributed by atoms with E-state index < -0.39 is 35.5 Å². The average Bonchev–Trinajstić information content (AvgIpc) is 3.34. The van der Waals surface area contributed by atoms with Gasteiger partial charge in [-0.3, -0.25) is 0 Å². The lowest BCUT2D eigenvalue weighted by Gasteiger charge is -2.36. The van der Waals surface area contributed by atoms with E-state index in [-0.39, 0.29) is 30.5 Å². The number of rotatable bonds is 6. The second-order valence-electron chi connectivity index (χ2n) is 8.88. The molecule has 0 bridgehead atoms. The van der Waals surface area contributed by atoms with Gasteiger partial charge in [0.25, 0.3) is 0 Å². The third kappa shape index (κ3) is 8.28. The van der Waals surface area contributed by atoms with Crippen LogP contribution in [-0.4, -0.2) is 55.7 Å². The number of amides is 3. The smallest absolute Gasteiger partial charge is 0.447 e. The molecule has 2 fully saturated rings. The second-order valence-corrected chi connectivity index (χ2v) is 8.88. The van der Waals surface area contributed by atoms with Gasteiger partial charge in [-0.15, -0.1) is 13.2 Å². The molecule has 1 heterocycles. The van der Waals surface area contributed by atoms with Crippen molar-refractivity contribution >= 4 is 12.1 Å². The summed E-state index contributed by atoms with van der Waals surface area (Å²) in [6, 6.07) is 12.6. The number of halogens is 5. The van der Waals surface area contributed by atoms with E-state index in [1.54, 1.807) is 6.07 Å². The standard InChI is InChI=1S/C20H23F3N4O4.C6H4F2/c21-20(22,23)31-16-4-2-1-3-15(16)19(13-24)7-5-14(6-8-19)25-9-10-26-17(28)27-11-12-30-18(27)29;7-5-3-1-2-4-6(5)8/h1-4,14,25H,5-12H2,(H,26,28);1-4H. The number of alkyl halides is 3. The summed E-state index contributed by atoms with van der Waals surface area (Å²) in [6.45, 7) is 1.15. The number of carbonyl (C=O) groups excluding carboxylic acids is 2. The summed E-state index contributed by atoms with van der Waals surface area (Å²) in [4.78, 5) is 24.2. The Labute approximate surface area is 221 Å². The Balaban J connectivity index is 0.000000449. The maximum absolute atomic E-state index is 12.8. The van der Waals surface area contributed by atoms with Crippen LogP contribution in [0.3, 0.4) is 0 Å². The molecule has 4 rings (SSSR count). The highest BCUT2D eigenvalue weighted by molar-refractivity contribution is 5.91. The molecule has 2 N–H and O–H groups in total. The number of nitriles is 1. The highest BCUT2D eigenvalue weighted by atomic mass is 19.4. The zero-order valence-electron chi connectivity index (χ0n) is 20.8. The normalized spacial score (nSPS) is 20.8. The number of hydrogen-bond donors (Lipinski definition) is 2. The molecule has 1 saturated heterocycles. The zero-order valence-corrected chi connectivity index (χ0v) is 20.8. The van der Waals surface area contributed by atoms with Gasteiger partial charge in [-0.2, -0.15) is 5.26 Å². The minimum absolute atomic E-state index is 0.0609. The van der Waals surface area contributed by atoms with E-state index in [9.17, 15) is 36.8 Å². The third-order valence-electron chi connectivity index (χ3n) is 6.35. The van der Waals surface area contributed by atoms with Crippen LogP contribution in [0, 0.1) is 23.0 Å².